The lowest BCUT2D eigenvalue weighted by atomic mass is 10.1. The number of benzene rings is 2. The molecule has 1 aliphatic rings. The number of carboxylic acid groups (broad SMARTS) is 1. The van der Waals surface area contributed by atoms with Gasteiger partial charge in [-0.25, -0.2) is 28.5 Å². The van der Waals surface area contributed by atoms with Crippen LogP contribution >= 0.6 is 0 Å². The fourth-order valence-corrected chi connectivity index (χ4v) is 4.72. The number of aromatic nitrogens is 4. The number of aromatic carboxylic acids is 1. The summed E-state index contributed by atoms with van der Waals surface area (Å²) in [5, 5.41) is 18.3. The number of rotatable bonds is 9. The molecule has 210 valence electrons. The summed E-state index contributed by atoms with van der Waals surface area (Å²) < 4.78 is 42.7. The maximum atomic E-state index is 15.4. The van der Waals surface area contributed by atoms with Crippen LogP contribution in [0, 0.1) is 23.0 Å². The van der Waals surface area contributed by atoms with E-state index < -0.39 is 17.6 Å². The van der Waals surface area contributed by atoms with Gasteiger partial charge in [-0.15, -0.1) is 0 Å². The Kier molecular flexibility index (Phi) is 7.29. The van der Waals surface area contributed by atoms with Gasteiger partial charge in [0.2, 0.25) is 5.88 Å². The molecule has 1 fully saturated rings. The predicted octanol–water partition coefficient (Wildman–Crippen LogP) is 5.30. The largest absolute Gasteiger partial charge is 0.477 e. The fourth-order valence-electron chi connectivity index (χ4n) is 4.72. The summed E-state index contributed by atoms with van der Waals surface area (Å²) in [6.07, 6.45) is 1.14. The predicted molar refractivity (Wildman–Crippen MR) is 147 cm³/mol. The number of nitrogens with zero attached hydrogens (tertiary/aromatic N) is 5. The highest BCUT2D eigenvalue weighted by molar-refractivity contribution is 5.88. The van der Waals surface area contributed by atoms with Crippen LogP contribution in [-0.4, -0.2) is 43.3 Å². The first-order chi connectivity index (χ1) is 20.4. The van der Waals surface area contributed by atoms with Crippen LogP contribution in [0.15, 0.2) is 66.7 Å². The van der Waals surface area contributed by atoms with Gasteiger partial charge in [0.05, 0.1) is 30.0 Å². The zero-order chi connectivity index (χ0) is 29.2. The normalized spacial score (nSPS) is 14.4. The van der Waals surface area contributed by atoms with Crippen molar-refractivity contribution < 1.29 is 28.2 Å². The average molecular weight is 568 g/mol. The van der Waals surface area contributed by atoms with Crippen molar-refractivity contribution in [2.24, 2.45) is 0 Å². The second-order valence-electron chi connectivity index (χ2n) is 9.82. The van der Waals surface area contributed by atoms with Gasteiger partial charge in [-0.2, -0.15) is 5.26 Å². The standard InChI is InChI=1S/C31H23F2N5O4/c32-23-13-19(15-34)4-6-20(23)17-42-29-3-1-2-25(36-29)22-7-5-18(12-24(22)33)14-28-35-26-8-9-27(31(39)40)37-30(26)38(28)16-21-10-11-41-21/h1-9,12-13,21H,10-11,14,16-17H2,(H,39,40). The number of hydrogen-bond donors (Lipinski definition) is 1. The topological polar surface area (TPSA) is 123 Å². The monoisotopic (exact) mass is 567 g/mol. The van der Waals surface area contributed by atoms with Gasteiger partial charge in [0.25, 0.3) is 0 Å². The Balaban J connectivity index is 1.23. The molecule has 1 aliphatic heterocycles. The highest BCUT2D eigenvalue weighted by Crippen LogP contribution is 2.27. The number of halogens is 2. The van der Waals surface area contributed by atoms with Gasteiger partial charge in [-0.1, -0.05) is 18.2 Å². The quantitative estimate of drug-likeness (QED) is 0.255. The minimum atomic E-state index is -1.13. The van der Waals surface area contributed by atoms with Gasteiger partial charge in [-0.05, 0) is 54.4 Å². The second-order valence-corrected chi connectivity index (χ2v) is 9.82. The van der Waals surface area contributed by atoms with E-state index in [4.69, 9.17) is 14.7 Å². The van der Waals surface area contributed by atoms with E-state index in [2.05, 4.69) is 15.0 Å². The van der Waals surface area contributed by atoms with Crippen LogP contribution in [0.5, 0.6) is 5.88 Å². The molecule has 3 aromatic heterocycles. The van der Waals surface area contributed by atoms with Crippen molar-refractivity contribution in [2.45, 2.75) is 32.1 Å². The Bertz CT molecular complexity index is 1860. The van der Waals surface area contributed by atoms with E-state index >= 15 is 4.39 Å². The molecule has 5 aromatic rings. The highest BCUT2D eigenvalue weighted by atomic mass is 19.1. The average Bonchev–Trinajstić information content (AvgIpc) is 3.30. The summed E-state index contributed by atoms with van der Waals surface area (Å²) in [6.45, 7) is 1.02. The summed E-state index contributed by atoms with van der Waals surface area (Å²) in [5.74, 6) is -1.37. The Hall–Kier alpha value is -5.21. The van der Waals surface area contributed by atoms with Crippen molar-refractivity contribution in [3.8, 4) is 23.2 Å². The van der Waals surface area contributed by atoms with Crippen molar-refractivity contribution in [1.29, 1.82) is 5.26 Å². The van der Waals surface area contributed by atoms with Crippen LogP contribution < -0.4 is 4.74 Å². The van der Waals surface area contributed by atoms with Crippen molar-refractivity contribution in [1.82, 2.24) is 19.5 Å². The Morgan fingerprint density at radius 1 is 1.07 bits per heavy atom. The van der Waals surface area contributed by atoms with E-state index in [1.807, 2.05) is 10.6 Å². The van der Waals surface area contributed by atoms with E-state index in [1.54, 1.807) is 36.4 Å². The lowest BCUT2D eigenvalue weighted by Gasteiger charge is -2.27. The third kappa shape index (κ3) is 5.53. The Morgan fingerprint density at radius 2 is 1.93 bits per heavy atom. The van der Waals surface area contributed by atoms with Crippen LogP contribution in [0.1, 0.15) is 39.4 Å². The molecule has 1 atom stereocenters. The molecule has 6 rings (SSSR count). The van der Waals surface area contributed by atoms with Crippen LogP contribution in [0.3, 0.4) is 0 Å². The first-order valence-electron chi connectivity index (χ1n) is 13.2. The maximum Gasteiger partial charge on any atom is 0.354 e. The van der Waals surface area contributed by atoms with Crippen LogP contribution in [0.4, 0.5) is 8.78 Å². The molecular weight excluding hydrogens is 544 g/mol. The molecule has 42 heavy (non-hydrogen) atoms. The zero-order valence-corrected chi connectivity index (χ0v) is 22.1. The first kappa shape index (κ1) is 27.0. The smallest absolute Gasteiger partial charge is 0.354 e. The molecule has 1 unspecified atom stereocenters. The summed E-state index contributed by atoms with van der Waals surface area (Å²) in [7, 11) is 0. The molecule has 0 radical (unpaired) electrons. The van der Waals surface area contributed by atoms with Crippen molar-refractivity contribution in [2.75, 3.05) is 6.61 Å². The highest BCUT2D eigenvalue weighted by Gasteiger charge is 2.23. The van der Waals surface area contributed by atoms with Gasteiger partial charge < -0.3 is 19.1 Å². The van der Waals surface area contributed by atoms with E-state index in [0.717, 1.165) is 12.5 Å². The van der Waals surface area contributed by atoms with E-state index in [-0.39, 0.29) is 47.4 Å². The van der Waals surface area contributed by atoms with Gasteiger partial charge >= 0.3 is 5.97 Å². The molecule has 0 saturated carbocycles. The summed E-state index contributed by atoms with van der Waals surface area (Å²) in [4.78, 5) is 24.8. The minimum absolute atomic E-state index is 0.0236. The molecule has 0 amide bonds. The number of pyridine rings is 2. The van der Waals surface area contributed by atoms with Crippen molar-refractivity contribution >= 4 is 17.1 Å². The number of carbonyl (C=O) groups is 1. The van der Waals surface area contributed by atoms with E-state index in [9.17, 15) is 14.3 Å². The summed E-state index contributed by atoms with van der Waals surface area (Å²) in [6, 6.07) is 18.8. The van der Waals surface area contributed by atoms with Crippen LogP contribution in [-0.2, 0) is 24.3 Å². The number of carboxylic acids is 1. The van der Waals surface area contributed by atoms with Gasteiger partial charge in [0.15, 0.2) is 11.3 Å². The molecule has 0 spiro atoms. The molecule has 9 nitrogen and oxygen atoms in total. The minimum Gasteiger partial charge on any atom is -0.477 e. The Labute approximate surface area is 238 Å². The first-order valence-corrected chi connectivity index (χ1v) is 13.2. The summed E-state index contributed by atoms with van der Waals surface area (Å²) >= 11 is 0. The third-order valence-corrected chi connectivity index (χ3v) is 7.02. The second kappa shape index (κ2) is 11.3. The lowest BCUT2D eigenvalue weighted by Crippen LogP contribution is -2.32. The number of ether oxygens (including phenoxy) is 2. The molecule has 0 bridgehead atoms. The third-order valence-electron chi connectivity index (χ3n) is 7.02. The Morgan fingerprint density at radius 3 is 2.64 bits per heavy atom. The SMILES string of the molecule is N#Cc1ccc(COc2cccc(-c3ccc(Cc4nc5ccc(C(=O)O)nc5n4CC4CCO4)cc3F)n2)c(F)c1. The van der Waals surface area contributed by atoms with Crippen molar-refractivity contribution in [3.63, 3.8) is 0 Å². The van der Waals surface area contributed by atoms with Gasteiger partial charge in [-0.3, -0.25) is 0 Å². The van der Waals surface area contributed by atoms with E-state index in [0.29, 0.717) is 41.4 Å². The van der Waals surface area contributed by atoms with Gasteiger partial charge in [0, 0.05) is 30.2 Å². The van der Waals surface area contributed by atoms with Crippen LogP contribution in [0.25, 0.3) is 22.4 Å². The molecule has 2 aromatic carbocycles. The number of hydrogen-bond acceptors (Lipinski definition) is 7. The van der Waals surface area contributed by atoms with Crippen LogP contribution in [0.2, 0.25) is 0 Å². The molecule has 1 N–H and O–H groups in total. The van der Waals surface area contributed by atoms with Crippen molar-refractivity contribution in [3.05, 3.63) is 107 Å². The number of nitriles is 1. The number of fused-ring (bicyclic) bond motifs is 1. The van der Waals surface area contributed by atoms with Gasteiger partial charge in [0.1, 0.15) is 29.6 Å². The maximum absolute atomic E-state index is 15.4. The molecule has 1 saturated heterocycles. The molecule has 11 heteroatoms. The lowest BCUT2D eigenvalue weighted by molar-refractivity contribution is -0.0590. The number of imidazole rings is 1. The molecular formula is C31H23F2N5O4. The molecule has 0 aliphatic carbocycles. The summed E-state index contributed by atoms with van der Waals surface area (Å²) in [5.41, 5.74) is 2.65. The zero-order valence-electron chi connectivity index (χ0n) is 22.1. The van der Waals surface area contributed by atoms with E-state index in [1.165, 1.54) is 24.3 Å². The fraction of sp³-hybridized carbons (Fsp3) is 0.194. The molecule has 4 heterocycles.